The van der Waals surface area contributed by atoms with Gasteiger partial charge in [0.05, 0.1) is 0 Å². The summed E-state index contributed by atoms with van der Waals surface area (Å²) in [6, 6.07) is 8.81. The molecular formula is C51H80O2. The van der Waals surface area contributed by atoms with E-state index in [-0.39, 0.29) is 10.8 Å². The number of allylic oxidation sites excluding steroid dienone is 7. The summed E-state index contributed by atoms with van der Waals surface area (Å²) in [5, 5.41) is 23.8. The molecule has 0 unspecified atom stereocenters. The molecule has 0 radical (unpaired) electrons. The summed E-state index contributed by atoms with van der Waals surface area (Å²) < 4.78 is 0. The van der Waals surface area contributed by atoms with Crippen molar-refractivity contribution in [1.82, 2.24) is 0 Å². The van der Waals surface area contributed by atoms with Gasteiger partial charge in [-0.1, -0.05) is 173 Å². The summed E-state index contributed by atoms with van der Waals surface area (Å²) in [4.78, 5) is 0. The van der Waals surface area contributed by atoms with Crippen molar-refractivity contribution in [3.05, 3.63) is 107 Å². The van der Waals surface area contributed by atoms with Gasteiger partial charge in [0.15, 0.2) is 0 Å². The third-order valence-corrected chi connectivity index (χ3v) is 10.7. The molecule has 0 heterocycles. The van der Waals surface area contributed by atoms with Crippen LogP contribution >= 0.6 is 0 Å². The number of aromatic hydroxyl groups is 2. The fourth-order valence-electron chi connectivity index (χ4n) is 7.33. The lowest BCUT2D eigenvalue weighted by atomic mass is 9.80. The van der Waals surface area contributed by atoms with Crippen LogP contribution in [-0.4, -0.2) is 10.2 Å². The fourth-order valence-corrected chi connectivity index (χ4v) is 7.33. The van der Waals surface area contributed by atoms with Crippen LogP contribution in [0.3, 0.4) is 0 Å². The predicted molar refractivity (Wildman–Crippen MR) is 235 cm³/mol. The summed E-state index contributed by atoms with van der Waals surface area (Å²) in [7, 11) is 0. The van der Waals surface area contributed by atoms with E-state index >= 15 is 0 Å². The SMILES string of the molecule is C=CC/C=C/C/C=C/CCCCCCCc1ccc(C(C)(C)C)c(O)c1Cc1c(CCCCCCC/C=C/CCCCCC)ccc(C(C)(C)C)c1O. The first kappa shape index (κ1) is 46.2. The molecular weight excluding hydrogens is 645 g/mol. The van der Waals surface area contributed by atoms with E-state index in [0.717, 1.165) is 67.2 Å². The number of phenolic OH excluding ortho intramolecular Hbond substituents is 2. The van der Waals surface area contributed by atoms with Crippen molar-refractivity contribution >= 4 is 0 Å². The van der Waals surface area contributed by atoms with Gasteiger partial charge in [0.2, 0.25) is 0 Å². The Balaban J connectivity index is 2.08. The molecule has 0 aliphatic carbocycles. The maximum atomic E-state index is 11.9. The smallest absolute Gasteiger partial charge is 0.123 e. The molecule has 2 aromatic carbocycles. The Morgan fingerprint density at radius 2 is 0.868 bits per heavy atom. The normalized spacial score (nSPS) is 12.6. The number of unbranched alkanes of at least 4 members (excludes halogenated alkanes) is 14. The van der Waals surface area contributed by atoms with Gasteiger partial charge in [0, 0.05) is 17.5 Å². The lowest BCUT2D eigenvalue weighted by molar-refractivity contribution is 0.433. The van der Waals surface area contributed by atoms with E-state index in [0.29, 0.717) is 17.9 Å². The largest absolute Gasteiger partial charge is 0.507 e. The lowest BCUT2D eigenvalue weighted by Gasteiger charge is -2.26. The molecule has 0 saturated heterocycles. The van der Waals surface area contributed by atoms with Crippen LogP contribution in [0.25, 0.3) is 0 Å². The van der Waals surface area contributed by atoms with Crippen LogP contribution in [0.15, 0.2) is 73.4 Å². The highest BCUT2D eigenvalue weighted by Gasteiger charge is 2.26. The lowest BCUT2D eigenvalue weighted by Crippen LogP contribution is -2.15. The number of rotatable bonds is 27. The average molecular weight is 725 g/mol. The number of phenols is 2. The molecule has 2 nitrogen and oxygen atoms in total. The average Bonchev–Trinajstić information content (AvgIpc) is 3.10. The Kier molecular flexibility index (Phi) is 22.6. The minimum absolute atomic E-state index is 0.169. The maximum Gasteiger partial charge on any atom is 0.123 e. The molecule has 0 spiro atoms. The standard InChI is InChI=1S/C51H80O2/c1-9-11-13-15-17-19-21-23-25-27-29-31-33-35-42-37-39-46(50(3,4)5)48(52)44(42)41-45-43(38-40-47(49(45)53)51(6,7)8)36-34-32-30-28-26-24-22-20-18-16-14-12-10-2/h9,13,15,19-22,37-40,52-53H,1,10-12,14,16-18,23-36,41H2,2-8H3/b15-13+,21-19+,22-20+. The van der Waals surface area contributed by atoms with Crippen molar-refractivity contribution in [1.29, 1.82) is 0 Å². The number of aryl methyl sites for hydroxylation is 2. The Morgan fingerprint density at radius 1 is 0.491 bits per heavy atom. The fraction of sp³-hybridized carbons (Fsp3) is 0.608. The van der Waals surface area contributed by atoms with E-state index in [1.165, 1.54) is 101 Å². The van der Waals surface area contributed by atoms with Gasteiger partial charge in [0.1, 0.15) is 11.5 Å². The molecule has 2 aromatic rings. The molecule has 0 bridgehead atoms. The maximum absolute atomic E-state index is 11.9. The number of hydrogen-bond donors (Lipinski definition) is 2. The van der Waals surface area contributed by atoms with Crippen LogP contribution < -0.4 is 0 Å². The summed E-state index contributed by atoms with van der Waals surface area (Å²) in [5.74, 6) is 0.840. The van der Waals surface area contributed by atoms with Crippen LogP contribution in [-0.2, 0) is 30.1 Å². The van der Waals surface area contributed by atoms with Crippen molar-refractivity contribution in [2.75, 3.05) is 0 Å². The zero-order valence-corrected chi connectivity index (χ0v) is 35.5. The first-order valence-electron chi connectivity index (χ1n) is 21.7. The molecule has 53 heavy (non-hydrogen) atoms. The summed E-state index contributed by atoms with van der Waals surface area (Å²) in [6.45, 7) is 19.1. The van der Waals surface area contributed by atoms with Crippen LogP contribution in [0.2, 0.25) is 0 Å². The minimum Gasteiger partial charge on any atom is -0.507 e. The Morgan fingerprint density at radius 3 is 1.30 bits per heavy atom. The van der Waals surface area contributed by atoms with Crippen molar-refractivity contribution in [3.8, 4) is 11.5 Å². The monoisotopic (exact) mass is 725 g/mol. The summed E-state index contributed by atoms with van der Waals surface area (Å²) in [5.41, 5.74) is 6.11. The van der Waals surface area contributed by atoms with Crippen LogP contribution in [0.1, 0.15) is 204 Å². The molecule has 0 atom stereocenters. The Labute approximate surface area is 328 Å². The topological polar surface area (TPSA) is 40.5 Å². The summed E-state index contributed by atoms with van der Waals surface area (Å²) in [6.07, 6.45) is 41.2. The van der Waals surface area contributed by atoms with Gasteiger partial charge in [-0.05, 0) is 110 Å². The molecule has 2 N–H and O–H groups in total. The quantitative estimate of drug-likeness (QED) is 0.0711. The second-order valence-electron chi connectivity index (χ2n) is 17.5. The van der Waals surface area contributed by atoms with E-state index < -0.39 is 0 Å². The van der Waals surface area contributed by atoms with Crippen LogP contribution in [0, 0.1) is 0 Å². The molecule has 0 amide bonds. The summed E-state index contributed by atoms with van der Waals surface area (Å²) >= 11 is 0. The Bertz CT molecular complexity index is 1390. The zero-order valence-electron chi connectivity index (χ0n) is 35.5. The minimum atomic E-state index is -0.170. The van der Waals surface area contributed by atoms with Crippen molar-refractivity contribution in [2.45, 2.75) is 201 Å². The molecule has 2 heteroatoms. The Hall–Kier alpha value is -3.00. The molecule has 0 aliphatic heterocycles. The molecule has 2 rings (SSSR count). The van der Waals surface area contributed by atoms with Gasteiger partial charge >= 0.3 is 0 Å². The van der Waals surface area contributed by atoms with Crippen molar-refractivity contribution in [2.24, 2.45) is 0 Å². The van der Waals surface area contributed by atoms with Crippen molar-refractivity contribution < 1.29 is 10.2 Å². The highest BCUT2D eigenvalue weighted by molar-refractivity contribution is 5.55. The van der Waals surface area contributed by atoms with Crippen LogP contribution in [0.5, 0.6) is 11.5 Å². The van der Waals surface area contributed by atoms with E-state index in [4.69, 9.17) is 0 Å². The molecule has 0 fully saturated rings. The zero-order chi connectivity index (χ0) is 39.0. The third kappa shape index (κ3) is 18.3. The molecule has 296 valence electrons. The van der Waals surface area contributed by atoms with E-state index in [9.17, 15) is 10.2 Å². The van der Waals surface area contributed by atoms with Gasteiger partial charge in [-0.3, -0.25) is 0 Å². The molecule has 0 saturated carbocycles. The van der Waals surface area contributed by atoms with Crippen LogP contribution in [0.4, 0.5) is 0 Å². The van der Waals surface area contributed by atoms with Gasteiger partial charge in [-0.15, -0.1) is 6.58 Å². The first-order valence-corrected chi connectivity index (χ1v) is 21.7. The van der Waals surface area contributed by atoms with Gasteiger partial charge in [-0.25, -0.2) is 0 Å². The number of hydrogen-bond acceptors (Lipinski definition) is 2. The highest BCUT2D eigenvalue weighted by Crippen LogP contribution is 2.41. The second-order valence-corrected chi connectivity index (χ2v) is 17.5. The van der Waals surface area contributed by atoms with E-state index in [1.807, 2.05) is 6.08 Å². The number of benzene rings is 2. The van der Waals surface area contributed by atoms with Crippen molar-refractivity contribution in [3.63, 3.8) is 0 Å². The molecule has 0 aromatic heterocycles. The third-order valence-electron chi connectivity index (χ3n) is 10.7. The van der Waals surface area contributed by atoms with Gasteiger partial charge in [0.25, 0.3) is 0 Å². The molecule has 0 aliphatic rings. The second kappa shape index (κ2) is 25.9. The first-order chi connectivity index (χ1) is 25.4. The van der Waals surface area contributed by atoms with Gasteiger partial charge in [-0.2, -0.15) is 0 Å². The highest BCUT2D eigenvalue weighted by atomic mass is 16.3. The van der Waals surface area contributed by atoms with E-state index in [2.05, 4.69) is 116 Å². The van der Waals surface area contributed by atoms with Gasteiger partial charge < -0.3 is 10.2 Å². The van der Waals surface area contributed by atoms with E-state index in [1.54, 1.807) is 0 Å². The predicted octanol–water partition coefficient (Wildman–Crippen LogP) is 15.7.